The van der Waals surface area contributed by atoms with Gasteiger partial charge < -0.3 is 18.9 Å². The lowest BCUT2D eigenvalue weighted by atomic mass is 10.0. The second kappa shape index (κ2) is 66.4. The van der Waals surface area contributed by atoms with E-state index >= 15 is 0 Å². The topological polar surface area (TPSA) is 108 Å². The normalized spacial score (nSPS) is 13.0. The van der Waals surface area contributed by atoms with Crippen molar-refractivity contribution < 1.29 is 42.1 Å². The Labute approximate surface area is 524 Å². The summed E-state index contributed by atoms with van der Waals surface area (Å²) in [6, 6.07) is 0. The number of carbonyl (C=O) groups is 2. The fourth-order valence-corrected chi connectivity index (χ4v) is 12.6. The van der Waals surface area contributed by atoms with Crippen molar-refractivity contribution in [3.8, 4) is 0 Å². The number of nitrogens with zero attached hydrogens (tertiary/aromatic N) is 1. The minimum Gasteiger partial charge on any atom is -0.462 e. The van der Waals surface area contributed by atoms with Crippen molar-refractivity contribution in [2.45, 2.75) is 418 Å². The minimum atomic E-state index is -4.38. The molecule has 2 atom stereocenters. The third-order valence-electron chi connectivity index (χ3n) is 17.6. The molecule has 0 heterocycles. The number of quaternary nitrogens is 1. The summed E-state index contributed by atoms with van der Waals surface area (Å²) in [6.07, 6.45) is 81.1. The third kappa shape index (κ3) is 70.1. The minimum absolute atomic E-state index is 0.0377. The smallest absolute Gasteiger partial charge is 0.462 e. The summed E-state index contributed by atoms with van der Waals surface area (Å²) in [5.41, 5.74) is 0. The van der Waals surface area contributed by atoms with E-state index in [1.807, 2.05) is 21.1 Å². The Balaban J connectivity index is 3.84. The monoisotopic (exact) mass is 1210 g/mol. The van der Waals surface area contributed by atoms with E-state index in [1.54, 1.807) is 0 Å². The second-order valence-corrected chi connectivity index (χ2v) is 28.9. The molecule has 10 heteroatoms. The van der Waals surface area contributed by atoms with E-state index in [-0.39, 0.29) is 25.6 Å². The maximum Gasteiger partial charge on any atom is 0.472 e. The van der Waals surface area contributed by atoms with Crippen molar-refractivity contribution >= 4 is 19.8 Å². The lowest BCUT2D eigenvalue weighted by molar-refractivity contribution is -0.870. The molecule has 0 aromatic heterocycles. The molecule has 0 aliphatic carbocycles. The van der Waals surface area contributed by atoms with Gasteiger partial charge in [-0.2, -0.15) is 0 Å². The van der Waals surface area contributed by atoms with Gasteiger partial charge in [-0.1, -0.05) is 386 Å². The molecule has 84 heavy (non-hydrogen) atoms. The number of likely N-dealkylation sites (N-methyl/N-ethyl adjacent to an activating group) is 1. The number of hydrogen-bond donors (Lipinski definition) is 1. The molecular formula is C74H149NO8P+. The molecule has 0 aromatic rings. The van der Waals surface area contributed by atoms with Crippen LogP contribution in [0, 0.1) is 0 Å². The molecule has 0 aliphatic rings. The predicted octanol–water partition coefficient (Wildman–Crippen LogP) is 24.5. The van der Waals surface area contributed by atoms with Crippen LogP contribution in [-0.4, -0.2) is 74.9 Å². The van der Waals surface area contributed by atoms with E-state index in [1.165, 1.54) is 347 Å². The van der Waals surface area contributed by atoms with Crippen LogP contribution in [0.3, 0.4) is 0 Å². The summed E-state index contributed by atoms with van der Waals surface area (Å²) in [4.78, 5) is 35.9. The molecule has 0 fully saturated rings. The van der Waals surface area contributed by atoms with E-state index < -0.39 is 26.5 Å². The van der Waals surface area contributed by atoms with E-state index in [9.17, 15) is 19.0 Å². The Kier molecular flexibility index (Phi) is 65.6. The fraction of sp³-hybridized carbons (Fsp3) is 0.973. The number of esters is 2. The molecule has 0 amide bonds. The number of rotatable bonds is 72. The van der Waals surface area contributed by atoms with Gasteiger partial charge in [0.1, 0.15) is 19.8 Å². The number of hydrogen-bond acceptors (Lipinski definition) is 7. The number of ether oxygens (including phenoxy) is 2. The first-order valence-electron chi connectivity index (χ1n) is 37.8. The summed E-state index contributed by atoms with van der Waals surface area (Å²) in [5, 5.41) is 0. The Morgan fingerprint density at radius 3 is 0.762 bits per heavy atom. The van der Waals surface area contributed by atoms with Crippen molar-refractivity contribution in [3.63, 3.8) is 0 Å². The van der Waals surface area contributed by atoms with Gasteiger partial charge in [0, 0.05) is 12.8 Å². The van der Waals surface area contributed by atoms with Gasteiger partial charge in [0.25, 0.3) is 0 Å². The van der Waals surface area contributed by atoms with Gasteiger partial charge in [-0.05, 0) is 12.8 Å². The number of phosphoric acid groups is 1. The van der Waals surface area contributed by atoms with E-state index in [4.69, 9.17) is 18.5 Å². The van der Waals surface area contributed by atoms with Crippen LogP contribution in [0.25, 0.3) is 0 Å². The van der Waals surface area contributed by atoms with Crippen molar-refractivity contribution in [2.24, 2.45) is 0 Å². The summed E-state index contributed by atoms with van der Waals surface area (Å²) < 4.78 is 34.7. The van der Waals surface area contributed by atoms with Crippen molar-refractivity contribution in [3.05, 3.63) is 0 Å². The number of unbranched alkanes of at least 4 members (excludes halogenated alkanes) is 58. The molecule has 2 unspecified atom stereocenters. The zero-order valence-electron chi connectivity index (χ0n) is 57.4. The molecule has 0 saturated carbocycles. The Morgan fingerprint density at radius 2 is 0.536 bits per heavy atom. The first-order valence-corrected chi connectivity index (χ1v) is 39.3. The predicted molar refractivity (Wildman–Crippen MR) is 363 cm³/mol. The van der Waals surface area contributed by atoms with Crippen LogP contribution in [0.1, 0.15) is 412 Å². The summed E-state index contributed by atoms with van der Waals surface area (Å²) >= 11 is 0. The highest BCUT2D eigenvalue weighted by Gasteiger charge is 2.27. The Hall–Kier alpha value is -0.990. The van der Waals surface area contributed by atoms with Gasteiger partial charge in [0.05, 0.1) is 27.7 Å². The highest BCUT2D eigenvalue weighted by molar-refractivity contribution is 7.47. The van der Waals surface area contributed by atoms with Gasteiger partial charge in [0.15, 0.2) is 6.10 Å². The van der Waals surface area contributed by atoms with Gasteiger partial charge in [-0.3, -0.25) is 18.6 Å². The number of carbonyl (C=O) groups excluding carboxylic acids is 2. The Bertz CT molecular complexity index is 1370. The van der Waals surface area contributed by atoms with Crippen LogP contribution in [0.2, 0.25) is 0 Å². The largest absolute Gasteiger partial charge is 0.472 e. The summed E-state index contributed by atoms with van der Waals surface area (Å²) in [7, 11) is 1.51. The van der Waals surface area contributed by atoms with Crippen LogP contribution in [-0.2, 0) is 32.7 Å². The van der Waals surface area contributed by atoms with E-state index in [0.29, 0.717) is 17.4 Å². The highest BCUT2D eigenvalue weighted by Crippen LogP contribution is 2.43. The molecule has 9 nitrogen and oxygen atoms in total. The molecule has 502 valence electrons. The van der Waals surface area contributed by atoms with Crippen molar-refractivity contribution in [1.29, 1.82) is 0 Å². The molecule has 0 spiro atoms. The van der Waals surface area contributed by atoms with Gasteiger partial charge in [-0.25, -0.2) is 4.57 Å². The highest BCUT2D eigenvalue weighted by atomic mass is 31.2. The average molecular weight is 1210 g/mol. The zero-order chi connectivity index (χ0) is 61.2. The molecule has 0 aromatic carbocycles. The maximum absolute atomic E-state index is 12.9. The van der Waals surface area contributed by atoms with Gasteiger partial charge >= 0.3 is 19.8 Å². The van der Waals surface area contributed by atoms with Crippen molar-refractivity contribution in [2.75, 3.05) is 47.5 Å². The summed E-state index contributed by atoms with van der Waals surface area (Å²) in [6.45, 7) is 4.53. The quantitative estimate of drug-likeness (QED) is 0.0278. The molecule has 0 bridgehead atoms. The zero-order valence-corrected chi connectivity index (χ0v) is 58.3. The molecular weight excluding hydrogens is 1060 g/mol. The van der Waals surface area contributed by atoms with E-state index in [2.05, 4.69) is 13.8 Å². The molecule has 0 aliphatic heterocycles. The van der Waals surface area contributed by atoms with Crippen LogP contribution in [0.4, 0.5) is 0 Å². The fourth-order valence-electron chi connectivity index (χ4n) is 11.8. The molecule has 0 radical (unpaired) electrons. The average Bonchev–Trinajstić information content (AvgIpc) is 3.61. The van der Waals surface area contributed by atoms with Crippen LogP contribution < -0.4 is 0 Å². The van der Waals surface area contributed by atoms with Gasteiger partial charge in [-0.15, -0.1) is 0 Å². The second-order valence-electron chi connectivity index (χ2n) is 27.4. The van der Waals surface area contributed by atoms with Gasteiger partial charge in [0.2, 0.25) is 0 Å². The van der Waals surface area contributed by atoms with Crippen LogP contribution >= 0.6 is 7.82 Å². The number of phosphoric ester groups is 1. The lowest BCUT2D eigenvalue weighted by Gasteiger charge is -2.24. The third-order valence-corrected chi connectivity index (χ3v) is 18.6. The standard InChI is InChI=1S/C74H148NO8P/c1-6-8-10-12-14-16-18-20-22-24-26-28-29-30-31-32-33-34-35-36-37-38-39-40-41-42-43-44-45-46-47-49-51-53-55-57-59-61-63-65-67-74(77)83-72(71-82-84(78,79)81-69-68-75(3,4)5)70-80-73(76)66-64-62-60-58-56-54-52-50-48-27-25-23-21-19-17-15-13-11-9-7-2/h72H,6-71H2,1-5H3/p+1. The molecule has 1 N–H and O–H groups in total. The Morgan fingerprint density at radius 1 is 0.321 bits per heavy atom. The molecule has 0 rings (SSSR count). The lowest BCUT2D eigenvalue weighted by Crippen LogP contribution is -2.37. The molecule has 0 saturated heterocycles. The maximum atomic E-state index is 12.9. The first-order chi connectivity index (χ1) is 41.0. The van der Waals surface area contributed by atoms with Crippen molar-refractivity contribution in [1.82, 2.24) is 0 Å². The van der Waals surface area contributed by atoms with E-state index in [0.717, 1.165) is 38.5 Å². The summed E-state index contributed by atoms with van der Waals surface area (Å²) in [5.74, 6) is -0.768. The SMILES string of the molecule is CCCCCCCCCCCCCCCCCCCCCCCCCCCCCCCCCCCCCCCCCCC(=O)OC(COC(=O)CCCCCCCCCCCCCCCCCCCCCC)COP(=O)(O)OCC[N+](C)(C)C. The first kappa shape index (κ1) is 83.0. The van der Waals surface area contributed by atoms with Crippen LogP contribution in [0.5, 0.6) is 0 Å². The van der Waals surface area contributed by atoms with Crippen LogP contribution in [0.15, 0.2) is 0 Å².